The highest BCUT2D eigenvalue weighted by atomic mass is 16.5. The lowest BCUT2D eigenvalue weighted by molar-refractivity contribution is -0.151. The summed E-state index contributed by atoms with van der Waals surface area (Å²) in [6.07, 6.45) is -1.20. The van der Waals surface area contributed by atoms with Gasteiger partial charge in [0.1, 0.15) is 11.7 Å². The Labute approximate surface area is 130 Å². The summed E-state index contributed by atoms with van der Waals surface area (Å²) in [5, 5.41) is 10.2. The van der Waals surface area contributed by atoms with E-state index < -0.39 is 18.0 Å². The van der Waals surface area contributed by atoms with Gasteiger partial charge in [-0.25, -0.2) is 0 Å². The molecule has 0 saturated carbocycles. The molecular formula is C16H22O6. The molecule has 2 atom stereocenters. The Bertz CT molecular complexity index is 525. The molecule has 0 saturated heterocycles. The van der Waals surface area contributed by atoms with E-state index in [-0.39, 0.29) is 18.8 Å². The summed E-state index contributed by atoms with van der Waals surface area (Å²) in [6.45, 7) is 3.36. The van der Waals surface area contributed by atoms with E-state index in [4.69, 9.17) is 14.2 Å². The van der Waals surface area contributed by atoms with Crippen LogP contribution in [0.5, 0.6) is 11.5 Å². The van der Waals surface area contributed by atoms with Crippen LogP contribution >= 0.6 is 0 Å². The van der Waals surface area contributed by atoms with Crippen LogP contribution in [-0.4, -0.2) is 37.7 Å². The average molecular weight is 310 g/mol. The van der Waals surface area contributed by atoms with E-state index in [1.165, 1.54) is 21.1 Å². The number of Topliss-reactive ketones (excluding diaryl/α,β-unsaturated/α-hetero) is 1. The molecule has 0 aromatic heterocycles. The van der Waals surface area contributed by atoms with Crippen molar-refractivity contribution >= 4 is 11.8 Å². The van der Waals surface area contributed by atoms with E-state index in [1.807, 2.05) is 0 Å². The third-order valence-corrected chi connectivity index (χ3v) is 3.31. The number of carbonyl (C=O) groups is 2. The first-order chi connectivity index (χ1) is 10.4. The van der Waals surface area contributed by atoms with Crippen LogP contribution in [0.2, 0.25) is 0 Å². The minimum absolute atomic E-state index is 0.171. The third-order valence-electron chi connectivity index (χ3n) is 3.31. The Morgan fingerprint density at radius 2 is 1.82 bits per heavy atom. The number of rotatable bonds is 8. The molecule has 0 heterocycles. The number of ether oxygens (including phenoxy) is 3. The third kappa shape index (κ3) is 4.46. The van der Waals surface area contributed by atoms with Crippen LogP contribution in [0.15, 0.2) is 18.2 Å². The highest BCUT2D eigenvalue weighted by Gasteiger charge is 2.25. The maximum Gasteiger partial charge on any atom is 0.316 e. The monoisotopic (exact) mass is 310 g/mol. The number of carbonyl (C=O) groups excluding carboxylic acids is 2. The van der Waals surface area contributed by atoms with Gasteiger partial charge in [0.15, 0.2) is 11.5 Å². The molecule has 0 aliphatic heterocycles. The second kappa shape index (κ2) is 8.38. The quantitative estimate of drug-likeness (QED) is 0.583. The number of benzene rings is 1. The molecule has 0 radical (unpaired) electrons. The van der Waals surface area contributed by atoms with Crippen LogP contribution in [-0.2, 0) is 14.3 Å². The number of hydrogen-bond donors (Lipinski definition) is 1. The van der Waals surface area contributed by atoms with Crippen molar-refractivity contribution in [1.29, 1.82) is 0 Å². The molecule has 1 aromatic rings. The van der Waals surface area contributed by atoms with E-state index in [0.29, 0.717) is 17.1 Å². The summed E-state index contributed by atoms with van der Waals surface area (Å²) < 4.78 is 15.1. The van der Waals surface area contributed by atoms with Gasteiger partial charge in [-0.05, 0) is 31.5 Å². The Hall–Kier alpha value is -2.08. The zero-order chi connectivity index (χ0) is 16.7. The predicted octanol–water partition coefficient (Wildman–Crippen LogP) is 1.90. The van der Waals surface area contributed by atoms with Gasteiger partial charge < -0.3 is 19.3 Å². The molecule has 0 bridgehead atoms. The maximum atomic E-state index is 12.0. The number of hydrogen-bond acceptors (Lipinski definition) is 6. The normalized spacial score (nSPS) is 13.1. The number of esters is 1. The molecule has 2 unspecified atom stereocenters. The Morgan fingerprint density at radius 1 is 1.18 bits per heavy atom. The van der Waals surface area contributed by atoms with Gasteiger partial charge in [0, 0.05) is 6.42 Å². The summed E-state index contributed by atoms with van der Waals surface area (Å²) in [5.74, 6) is -0.850. The van der Waals surface area contributed by atoms with Gasteiger partial charge in [0.2, 0.25) is 0 Å². The van der Waals surface area contributed by atoms with Crippen molar-refractivity contribution in [3.8, 4) is 11.5 Å². The Kier molecular flexibility index (Phi) is 6.85. The fourth-order valence-electron chi connectivity index (χ4n) is 1.94. The van der Waals surface area contributed by atoms with Crippen LogP contribution in [0.25, 0.3) is 0 Å². The Morgan fingerprint density at radius 3 is 2.36 bits per heavy atom. The molecule has 122 valence electrons. The topological polar surface area (TPSA) is 82.1 Å². The van der Waals surface area contributed by atoms with Crippen LogP contribution in [0, 0.1) is 5.92 Å². The van der Waals surface area contributed by atoms with Crippen molar-refractivity contribution in [3.63, 3.8) is 0 Å². The Balaban J connectivity index is 2.78. The average Bonchev–Trinajstić information content (AvgIpc) is 2.53. The number of methoxy groups -OCH3 is 2. The molecular weight excluding hydrogens is 288 g/mol. The highest BCUT2D eigenvalue weighted by Crippen LogP contribution is 2.31. The van der Waals surface area contributed by atoms with Crippen molar-refractivity contribution in [2.75, 3.05) is 20.8 Å². The van der Waals surface area contributed by atoms with Gasteiger partial charge in [-0.1, -0.05) is 6.07 Å². The van der Waals surface area contributed by atoms with Gasteiger partial charge >= 0.3 is 5.97 Å². The van der Waals surface area contributed by atoms with E-state index in [1.54, 1.807) is 25.1 Å². The van der Waals surface area contributed by atoms with Crippen LogP contribution in [0.1, 0.15) is 31.9 Å². The van der Waals surface area contributed by atoms with E-state index >= 15 is 0 Å². The summed E-state index contributed by atoms with van der Waals surface area (Å²) in [4.78, 5) is 23.5. The molecule has 1 aromatic carbocycles. The van der Waals surface area contributed by atoms with Gasteiger partial charge in [0.25, 0.3) is 0 Å². The summed E-state index contributed by atoms with van der Waals surface area (Å²) in [7, 11) is 3.00. The standard InChI is InChI=1S/C16H22O6/c1-5-22-16(19)10(2)12(17)9-13(18)11-6-7-14(20-3)15(8-11)21-4/h6-8,10,13,18H,5,9H2,1-4H3. The lowest BCUT2D eigenvalue weighted by atomic mass is 9.97. The fraction of sp³-hybridized carbons (Fsp3) is 0.500. The minimum Gasteiger partial charge on any atom is -0.493 e. The lowest BCUT2D eigenvalue weighted by Crippen LogP contribution is -2.24. The predicted molar refractivity (Wildman–Crippen MR) is 79.9 cm³/mol. The minimum atomic E-state index is -1.02. The van der Waals surface area contributed by atoms with Crippen molar-refractivity contribution in [2.24, 2.45) is 5.92 Å². The van der Waals surface area contributed by atoms with Gasteiger partial charge in [-0.3, -0.25) is 9.59 Å². The molecule has 0 fully saturated rings. The second-order valence-electron chi connectivity index (χ2n) is 4.77. The first kappa shape index (κ1) is 18.0. The molecule has 0 aliphatic carbocycles. The molecule has 0 aliphatic rings. The van der Waals surface area contributed by atoms with Crippen molar-refractivity contribution in [1.82, 2.24) is 0 Å². The zero-order valence-electron chi connectivity index (χ0n) is 13.3. The van der Waals surface area contributed by atoms with Crippen LogP contribution in [0.4, 0.5) is 0 Å². The second-order valence-corrected chi connectivity index (χ2v) is 4.77. The van der Waals surface area contributed by atoms with E-state index in [2.05, 4.69) is 0 Å². The van der Waals surface area contributed by atoms with Crippen LogP contribution in [0.3, 0.4) is 0 Å². The maximum absolute atomic E-state index is 12.0. The summed E-state index contributed by atoms with van der Waals surface area (Å²) in [6, 6.07) is 4.90. The smallest absolute Gasteiger partial charge is 0.316 e. The molecule has 22 heavy (non-hydrogen) atoms. The summed E-state index contributed by atoms with van der Waals surface area (Å²) in [5.41, 5.74) is 0.516. The zero-order valence-corrected chi connectivity index (χ0v) is 13.3. The highest BCUT2D eigenvalue weighted by molar-refractivity contribution is 5.98. The van der Waals surface area contributed by atoms with Gasteiger partial charge in [0.05, 0.1) is 26.9 Å². The molecule has 1 N–H and O–H groups in total. The first-order valence-electron chi connectivity index (χ1n) is 7.03. The SMILES string of the molecule is CCOC(=O)C(C)C(=O)CC(O)c1ccc(OC)c(OC)c1. The summed E-state index contributed by atoms with van der Waals surface area (Å²) >= 11 is 0. The molecule has 6 nitrogen and oxygen atoms in total. The van der Waals surface area contributed by atoms with Gasteiger partial charge in [-0.15, -0.1) is 0 Å². The molecule has 0 amide bonds. The lowest BCUT2D eigenvalue weighted by Gasteiger charge is -2.15. The van der Waals surface area contributed by atoms with Crippen molar-refractivity contribution < 1.29 is 28.9 Å². The van der Waals surface area contributed by atoms with Crippen LogP contribution < -0.4 is 9.47 Å². The van der Waals surface area contributed by atoms with Crippen molar-refractivity contribution in [2.45, 2.75) is 26.4 Å². The van der Waals surface area contributed by atoms with Crippen molar-refractivity contribution in [3.05, 3.63) is 23.8 Å². The van der Waals surface area contributed by atoms with E-state index in [0.717, 1.165) is 0 Å². The largest absolute Gasteiger partial charge is 0.493 e. The molecule has 0 spiro atoms. The number of aliphatic hydroxyl groups is 1. The number of aliphatic hydroxyl groups excluding tert-OH is 1. The number of ketones is 1. The van der Waals surface area contributed by atoms with E-state index in [9.17, 15) is 14.7 Å². The first-order valence-corrected chi connectivity index (χ1v) is 7.03. The molecule has 1 rings (SSSR count). The molecule has 6 heteroatoms. The van der Waals surface area contributed by atoms with Gasteiger partial charge in [-0.2, -0.15) is 0 Å². The fourth-order valence-corrected chi connectivity index (χ4v) is 1.94.